The summed E-state index contributed by atoms with van der Waals surface area (Å²) in [5.41, 5.74) is 7.35. The number of nitrogen functional groups attached to an aromatic ring is 1. The van der Waals surface area contributed by atoms with Crippen LogP contribution in [0, 0.1) is 0 Å². The van der Waals surface area contributed by atoms with E-state index >= 15 is 0 Å². The maximum atomic E-state index is 5.80. The van der Waals surface area contributed by atoms with Gasteiger partial charge in [0.2, 0.25) is 0 Å². The van der Waals surface area contributed by atoms with Crippen LogP contribution in [-0.4, -0.2) is 31.7 Å². The van der Waals surface area contributed by atoms with Crippen molar-refractivity contribution in [3.8, 4) is 5.75 Å². The van der Waals surface area contributed by atoms with E-state index in [4.69, 9.17) is 15.2 Å². The Kier molecular flexibility index (Phi) is 4.63. The molecule has 1 aliphatic rings. The van der Waals surface area contributed by atoms with Crippen molar-refractivity contribution >= 4 is 17.2 Å². The van der Waals surface area contributed by atoms with Gasteiger partial charge in [0.05, 0.1) is 5.69 Å². The van der Waals surface area contributed by atoms with E-state index < -0.39 is 0 Å². The predicted octanol–water partition coefficient (Wildman–Crippen LogP) is 2.29. The van der Waals surface area contributed by atoms with Crippen molar-refractivity contribution in [2.24, 2.45) is 4.99 Å². The summed E-state index contributed by atoms with van der Waals surface area (Å²) in [6, 6.07) is 5.56. The van der Waals surface area contributed by atoms with Crippen LogP contribution in [0.1, 0.15) is 20.3 Å². The Morgan fingerprint density at radius 2 is 2.32 bits per heavy atom. The number of hydrogen-bond donors (Lipinski definition) is 2. The van der Waals surface area contributed by atoms with Gasteiger partial charge < -0.3 is 20.5 Å². The van der Waals surface area contributed by atoms with Gasteiger partial charge in [-0.05, 0) is 38.5 Å². The fourth-order valence-corrected chi connectivity index (χ4v) is 1.91. The van der Waals surface area contributed by atoms with Gasteiger partial charge in [0, 0.05) is 25.4 Å². The molecule has 0 spiro atoms. The number of anilines is 2. The molecule has 5 heteroatoms. The predicted molar refractivity (Wildman–Crippen MR) is 78.0 cm³/mol. The Morgan fingerprint density at radius 1 is 1.47 bits per heavy atom. The first-order valence-electron chi connectivity index (χ1n) is 6.66. The van der Waals surface area contributed by atoms with E-state index in [1.54, 1.807) is 0 Å². The minimum atomic E-state index is -0.0665. The fraction of sp³-hybridized carbons (Fsp3) is 0.500. The largest absolute Gasteiger partial charge is 0.481 e. The quantitative estimate of drug-likeness (QED) is 0.631. The molecule has 1 atom stereocenters. The second kappa shape index (κ2) is 6.43. The lowest BCUT2D eigenvalue weighted by atomic mass is 10.2. The van der Waals surface area contributed by atoms with Crippen LogP contribution in [-0.2, 0) is 4.74 Å². The van der Waals surface area contributed by atoms with E-state index in [0.717, 1.165) is 43.5 Å². The molecule has 1 heterocycles. The zero-order chi connectivity index (χ0) is 13.7. The third kappa shape index (κ3) is 3.61. The molecule has 2 rings (SSSR count). The topological polar surface area (TPSA) is 68.9 Å². The zero-order valence-electron chi connectivity index (χ0n) is 11.5. The molecule has 1 aromatic rings. The second-order valence-corrected chi connectivity index (χ2v) is 4.46. The third-order valence-electron chi connectivity index (χ3n) is 2.89. The average Bonchev–Trinajstić information content (AvgIpc) is 2.39. The Morgan fingerprint density at radius 3 is 3.11 bits per heavy atom. The Balaban J connectivity index is 1.98. The second-order valence-electron chi connectivity index (χ2n) is 4.46. The molecular formula is C14H21N3O2. The molecule has 104 valence electrons. The van der Waals surface area contributed by atoms with Crippen molar-refractivity contribution < 1.29 is 9.47 Å². The SMILES string of the molecule is CCOCCCN=C1Nc2cc(N)ccc2OC1C. The first-order valence-corrected chi connectivity index (χ1v) is 6.66. The molecule has 0 aromatic heterocycles. The Hall–Kier alpha value is -1.75. The maximum Gasteiger partial charge on any atom is 0.153 e. The van der Waals surface area contributed by atoms with Crippen LogP contribution >= 0.6 is 0 Å². The van der Waals surface area contributed by atoms with E-state index in [9.17, 15) is 0 Å². The lowest BCUT2D eigenvalue weighted by molar-refractivity contribution is 0.146. The van der Waals surface area contributed by atoms with Crippen molar-refractivity contribution in [2.45, 2.75) is 26.4 Å². The van der Waals surface area contributed by atoms with Gasteiger partial charge in [-0.3, -0.25) is 4.99 Å². The molecular weight excluding hydrogens is 242 g/mol. The fourth-order valence-electron chi connectivity index (χ4n) is 1.91. The molecule has 0 saturated heterocycles. The molecule has 0 radical (unpaired) electrons. The minimum Gasteiger partial charge on any atom is -0.481 e. The highest BCUT2D eigenvalue weighted by Gasteiger charge is 2.21. The highest BCUT2D eigenvalue weighted by Crippen LogP contribution is 2.31. The molecule has 1 unspecified atom stereocenters. The van der Waals surface area contributed by atoms with Crippen LogP contribution in [0.25, 0.3) is 0 Å². The monoisotopic (exact) mass is 263 g/mol. The smallest absolute Gasteiger partial charge is 0.153 e. The van der Waals surface area contributed by atoms with Crippen molar-refractivity contribution in [1.82, 2.24) is 0 Å². The normalized spacial score (nSPS) is 19.7. The molecule has 5 nitrogen and oxygen atoms in total. The Bertz CT molecular complexity index is 460. The van der Waals surface area contributed by atoms with Crippen molar-refractivity contribution in [3.05, 3.63) is 18.2 Å². The lowest BCUT2D eigenvalue weighted by Gasteiger charge is -2.26. The number of ether oxygens (including phenoxy) is 2. The van der Waals surface area contributed by atoms with Gasteiger partial charge in [0.1, 0.15) is 11.6 Å². The first-order chi connectivity index (χ1) is 9.20. The van der Waals surface area contributed by atoms with Crippen LogP contribution in [0.5, 0.6) is 5.75 Å². The molecule has 0 amide bonds. The van der Waals surface area contributed by atoms with Crippen LogP contribution in [0.15, 0.2) is 23.2 Å². The Labute approximate surface area is 113 Å². The maximum absolute atomic E-state index is 5.80. The van der Waals surface area contributed by atoms with E-state index in [2.05, 4.69) is 10.3 Å². The molecule has 1 aromatic carbocycles. The van der Waals surface area contributed by atoms with Crippen LogP contribution in [0.4, 0.5) is 11.4 Å². The number of amidine groups is 1. The van der Waals surface area contributed by atoms with E-state index in [1.165, 1.54) is 0 Å². The standard InChI is InChI=1S/C14H21N3O2/c1-3-18-8-4-7-16-14-10(2)19-13-6-5-11(15)9-12(13)17-14/h5-6,9-10H,3-4,7-8,15H2,1-2H3,(H,16,17). The van der Waals surface area contributed by atoms with Crippen molar-refractivity contribution in [3.63, 3.8) is 0 Å². The number of rotatable bonds is 5. The van der Waals surface area contributed by atoms with Gasteiger partial charge >= 0.3 is 0 Å². The highest BCUT2D eigenvalue weighted by molar-refractivity contribution is 6.02. The zero-order valence-corrected chi connectivity index (χ0v) is 11.5. The highest BCUT2D eigenvalue weighted by atomic mass is 16.5. The number of benzene rings is 1. The number of nitrogens with one attached hydrogen (secondary N) is 1. The van der Waals surface area contributed by atoms with Gasteiger partial charge in [-0.25, -0.2) is 0 Å². The third-order valence-corrected chi connectivity index (χ3v) is 2.89. The summed E-state index contributed by atoms with van der Waals surface area (Å²) in [5.74, 6) is 1.66. The lowest BCUT2D eigenvalue weighted by Crippen LogP contribution is -2.35. The number of hydrogen-bond acceptors (Lipinski definition) is 4. The molecule has 19 heavy (non-hydrogen) atoms. The number of nitrogens with two attached hydrogens (primary N) is 1. The average molecular weight is 263 g/mol. The summed E-state index contributed by atoms with van der Waals surface area (Å²) in [5, 5.41) is 3.28. The van der Waals surface area contributed by atoms with E-state index in [-0.39, 0.29) is 6.10 Å². The minimum absolute atomic E-state index is 0.0665. The summed E-state index contributed by atoms with van der Waals surface area (Å²) in [6.07, 6.45) is 0.846. The number of fused-ring (bicyclic) bond motifs is 1. The molecule has 0 bridgehead atoms. The summed E-state index contributed by atoms with van der Waals surface area (Å²) >= 11 is 0. The van der Waals surface area contributed by atoms with Crippen LogP contribution in [0.2, 0.25) is 0 Å². The summed E-state index contributed by atoms with van der Waals surface area (Å²) < 4.78 is 11.1. The summed E-state index contributed by atoms with van der Waals surface area (Å²) in [6.45, 7) is 6.19. The molecule has 3 N–H and O–H groups in total. The first kappa shape index (κ1) is 13.7. The van der Waals surface area contributed by atoms with Gasteiger partial charge in [-0.15, -0.1) is 0 Å². The van der Waals surface area contributed by atoms with E-state index in [0.29, 0.717) is 5.69 Å². The molecule has 1 aliphatic heterocycles. The molecule has 0 aliphatic carbocycles. The van der Waals surface area contributed by atoms with Crippen LogP contribution < -0.4 is 15.8 Å². The summed E-state index contributed by atoms with van der Waals surface area (Å²) in [4.78, 5) is 4.52. The van der Waals surface area contributed by atoms with Crippen molar-refractivity contribution in [1.29, 1.82) is 0 Å². The van der Waals surface area contributed by atoms with E-state index in [1.807, 2.05) is 32.0 Å². The van der Waals surface area contributed by atoms with Crippen molar-refractivity contribution in [2.75, 3.05) is 30.8 Å². The van der Waals surface area contributed by atoms with Crippen LogP contribution in [0.3, 0.4) is 0 Å². The van der Waals surface area contributed by atoms with Gasteiger partial charge in [0.25, 0.3) is 0 Å². The van der Waals surface area contributed by atoms with Gasteiger partial charge in [-0.2, -0.15) is 0 Å². The molecule has 0 fully saturated rings. The van der Waals surface area contributed by atoms with Gasteiger partial charge in [0.15, 0.2) is 6.10 Å². The number of aliphatic imine (C=N–C) groups is 1. The molecule has 0 saturated carbocycles. The summed E-state index contributed by atoms with van der Waals surface area (Å²) in [7, 11) is 0. The van der Waals surface area contributed by atoms with Gasteiger partial charge in [-0.1, -0.05) is 0 Å². The number of nitrogens with zero attached hydrogens (tertiary/aromatic N) is 1.